The third-order valence-corrected chi connectivity index (χ3v) is 4.46. The summed E-state index contributed by atoms with van der Waals surface area (Å²) >= 11 is 1.55. The van der Waals surface area contributed by atoms with Crippen LogP contribution in [0.15, 0.2) is 11.4 Å². The van der Waals surface area contributed by atoms with Crippen molar-refractivity contribution in [2.75, 3.05) is 26.7 Å². The van der Waals surface area contributed by atoms with Crippen molar-refractivity contribution in [3.8, 4) is 11.8 Å². The van der Waals surface area contributed by atoms with E-state index in [-0.39, 0.29) is 12.6 Å². The minimum atomic E-state index is -0.124. The average molecular weight is 306 g/mol. The molecule has 1 saturated heterocycles. The monoisotopic (exact) mass is 306 g/mol. The number of amides is 2. The summed E-state index contributed by atoms with van der Waals surface area (Å²) in [6.07, 6.45) is 4.67. The van der Waals surface area contributed by atoms with Gasteiger partial charge in [0.2, 0.25) is 0 Å². The Kier molecular flexibility index (Phi) is 6.09. The van der Waals surface area contributed by atoms with Crippen LogP contribution < -0.4 is 0 Å². The first-order valence-corrected chi connectivity index (χ1v) is 8.26. The van der Waals surface area contributed by atoms with Gasteiger partial charge in [-0.25, -0.2) is 4.79 Å². The van der Waals surface area contributed by atoms with Gasteiger partial charge < -0.3 is 14.9 Å². The molecule has 114 valence electrons. The van der Waals surface area contributed by atoms with Gasteiger partial charge in [0.05, 0.1) is 4.88 Å². The number of carbonyl (C=O) groups is 1. The molecule has 4 nitrogen and oxygen atoms in total. The molecule has 0 radical (unpaired) electrons. The molecule has 2 heterocycles. The average Bonchev–Trinajstić information content (AvgIpc) is 2.75. The number of thiophene rings is 1. The summed E-state index contributed by atoms with van der Waals surface area (Å²) in [5.41, 5.74) is 1.09. The van der Waals surface area contributed by atoms with Gasteiger partial charge in [-0.2, -0.15) is 0 Å². The fourth-order valence-electron chi connectivity index (χ4n) is 2.50. The highest BCUT2D eigenvalue weighted by Crippen LogP contribution is 2.17. The van der Waals surface area contributed by atoms with Crippen LogP contribution in [0.3, 0.4) is 0 Å². The van der Waals surface area contributed by atoms with Crippen molar-refractivity contribution in [1.29, 1.82) is 0 Å². The summed E-state index contributed by atoms with van der Waals surface area (Å²) < 4.78 is 0. The number of aliphatic hydroxyl groups is 1. The Bertz CT molecular complexity index is 522. The lowest BCUT2D eigenvalue weighted by molar-refractivity contribution is 0.162. The second-order valence-corrected chi connectivity index (χ2v) is 6.23. The third kappa shape index (κ3) is 4.76. The van der Waals surface area contributed by atoms with Crippen LogP contribution in [0, 0.1) is 11.8 Å². The highest BCUT2D eigenvalue weighted by atomic mass is 32.1. The Balaban J connectivity index is 1.91. The van der Waals surface area contributed by atoms with E-state index in [0.29, 0.717) is 6.54 Å². The summed E-state index contributed by atoms with van der Waals surface area (Å²) in [6.45, 7) is 2.23. The first-order chi connectivity index (χ1) is 10.2. The SMILES string of the molecule is CN(Cc1csc(C#CCO)c1)C(=O)N1CCCCCC1. The number of nitrogens with zero attached hydrogens (tertiary/aromatic N) is 2. The predicted molar refractivity (Wildman–Crippen MR) is 85.2 cm³/mol. The summed E-state index contributed by atoms with van der Waals surface area (Å²) in [7, 11) is 1.85. The van der Waals surface area contributed by atoms with E-state index >= 15 is 0 Å². The molecule has 2 amide bonds. The van der Waals surface area contributed by atoms with Gasteiger partial charge in [0.15, 0.2) is 0 Å². The van der Waals surface area contributed by atoms with Gasteiger partial charge in [0.25, 0.3) is 0 Å². The lowest BCUT2D eigenvalue weighted by Gasteiger charge is -2.26. The zero-order chi connectivity index (χ0) is 15.1. The zero-order valence-electron chi connectivity index (χ0n) is 12.5. The normalized spacial score (nSPS) is 15.0. The first kappa shape index (κ1) is 15.9. The molecule has 0 atom stereocenters. The fourth-order valence-corrected chi connectivity index (χ4v) is 3.27. The van der Waals surface area contributed by atoms with Gasteiger partial charge >= 0.3 is 6.03 Å². The molecule has 1 aliphatic heterocycles. The van der Waals surface area contributed by atoms with E-state index in [1.807, 2.05) is 23.4 Å². The number of rotatable bonds is 2. The Morgan fingerprint density at radius 3 is 2.76 bits per heavy atom. The quantitative estimate of drug-likeness (QED) is 0.853. The first-order valence-electron chi connectivity index (χ1n) is 7.38. The molecular formula is C16H22N2O2S. The van der Waals surface area contributed by atoms with Gasteiger partial charge in [-0.3, -0.25) is 0 Å². The Hall–Kier alpha value is -1.51. The minimum Gasteiger partial charge on any atom is -0.384 e. The molecule has 1 aromatic rings. The molecule has 5 heteroatoms. The van der Waals surface area contributed by atoms with E-state index in [1.165, 1.54) is 12.8 Å². The van der Waals surface area contributed by atoms with Crippen LogP contribution in [0.5, 0.6) is 0 Å². The number of urea groups is 1. The van der Waals surface area contributed by atoms with Gasteiger partial charge in [-0.15, -0.1) is 11.3 Å². The maximum absolute atomic E-state index is 12.4. The van der Waals surface area contributed by atoms with Gasteiger partial charge in [-0.1, -0.05) is 24.7 Å². The van der Waals surface area contributed by atoms with Crippen LogP contribution >= 0.6 is 11.3 Å². The smallest absolute Gasteiger partial charge is 0.320 e. The number of likely N-dealkylation sites (tertiary alicyclic amines) is 1. The van der Waals surface area contributed by atoms with E-state index in [2.05, 4.69) is 11.8 Å². The second kappa shape index (κ2) is 8.06. The van der Waals surface area contributed by atoms with Crippen LogP contribution in [0.1, 0.15) is 36.1 Å². The van der Waals surface area contributed by atoms with Crippen molar-refractivity contribution in [3.63, 3.8) is 0 Å². The summed E-state index contributed by atoms with van der Waals surface area (Å²) in [5, 5.41) is 10.7. The molecule has 0 bridgehead atoms. The van der Waals surface area contributed by atoms with Crippen molar-refractivity contribution < 1.29 is 9.90 Å². The molecule has 1 fully saturated rings. The summed E-state index contributed by atoms with van der Waals surface area (Å²) in [5.74, 6) is 5.53. The highest BCUT2D eigenvalue weighted by molar-refractivity contribution is 7.10. The zero-order valence-corrected chi connectivity index (χ0v) is 13.3. The third-order valence-electron chi connectivity index (χ3n) is 3.57. The van der Waals surface area contributed by atoms with E-state index in [4.69, 9.17) is 5.11 Å². The Labute approximate surface area is 130 Å². The molecule has 1 aliphatic rings. The van der Waals surface area contributed by atoms with Gasteiger partial charge in [-0.05, 0) is 29.9 Å². The van der Waals surface area contributed by atoms with Gasteiger partial charge in [0, 0.05) is 26.7 Å². The van der Waals surface area contributed by atoms with Crippen LogP contribution in [0.2, 0.25) is 0 Å². The van der Waals surface area contributed by atoms with Gasteiger partial charge in [0.1, 0.15) is 6.61 Å². The molecule has 2 rings (SSSR count). The maximum atomic E-state index is 12.4. The van der Waals surface area contributed by atoms with Crippen molar-refractivity contribution in [2.45, 2.75) is 32.2 Å². The Morgan fingerprint density at radius 2 is 2.10 bits per heavy atom. The highest BCUT2D eigenvalue weighted by Gasteiger charge is 2.19. The largest absolute Gasteiger partial charge is 0.384 e. The molecule has 0 aromatic carbocycles. The van der Waals surface area contributed by atoms with E-state index in [9.17, 15) is 4.79 Å². The minimum absolute atomic E-state index is 0.117. The summed E-state index contributed by atoms with van der Waals surface area (Å²) in [6, 6.07) is 2.10. The fraction of sp³-hybridized carbons (Fsp3) is 0.562. The number of carbonyl (C=O) groups excluding carboxylic acids is 1. The summed E-state index contributed by atoms with van der Waals surface area (Å²) in [4.78, 5) is 17.1. The number of hydrogen-bond donors (Lipinski definition) is 1. The topological polar surface area (TPSA) is 43.8 Å². The lowest BCUT2D eigenvalue weighted by Crippen LogP contribution is -2.41. The van der Waals surface area contributed by atoms with Crippen LogP contribution in [-0.2, 0) is 6.54 Å². The Morgan fingerprint density at radius 1 is 1.38 bits per heavy atom. The lowest BCUT2D eigenvalue weighted by atomic mass is 10.2. The molecule has 0 spiro atoms. The van der Waals surface area contributed by atoms with Crippen molar-refractivity contribution in [3.05, 3.63) is 21.9 Å². The maximum Gasteiger partial charge on any atom is 0.320 e. The molecule has 1 N–H and O–H groups in total. The predicted octanol–water partition coefficient (Wildman–Crippen LogP) is 2.52. The van der Waals surface area contributed by atoms with Crippen LogP contribution in [0.25, 0.3) is 0 Å². The van der Waals surface area contributed by atoms with Crippen molar-refractivity contribution in [2.24, 2.45) is 0 Å². The standard InChI is InChI=1S/C16H22N2O2S/c1-17(16(20)18-8-4-2-3-5-9-18)12-14-11-15(21-13-14)7-6-10-19/h11,13,19H,2-5,8-10,12H2,1H3. The van der Waals surface area contributed by atoms with Crippen LogP contribution in [-0.4, -0.2) is 47.7 Å². The van der Waals surface area contributed by atoms with Crippen LogP contribution in [0.4, 0.5) is 4.79 Å². The van der Waals surface area contributed by atoms with E-state index < -0.39 is 0 Å². The van der Waals surface area contributed by atoms with E-state index in [0.717, 1.165) is 36.4 Å². The molecule has 0 aliphatic carbocycles. The molecule has 0 saturated carbocycles. The number of hydrogen-bond acceptors (Lipinski definition) is 3. The second-order valence-electron chi connectivity index (χ2n) is 5.32. The molecule has 21 heavy (non-hydrogen) atoms. The number of aliphatic hydroxyl groups excluding tert-OH is 1. The molecule has 1 aromatic heterocycles. The van der Waals surface area contributed by atoms with E-state index in [1.54, 1.807) is 16.2 Å². The van der Waals surface area contributed by atoms with Crippen molar-refractivity contribution in [1.82, 2.24) is 9.80 Å². The molecular weight excluding hydrogens is 284 g/mol. The van der Waals surface area contributed by atoms with Crippen molar-refractivity contribution >= 4 is 17.4 Å². The molecule has 0 unspecified atom stereocenters.